The standard InChI is InChI=1S/C17H21NO4/c19-15-6-11-22-17(12-15)7-9-18(10-8-17)16(20)21-13-14-4-2-1-3-5-14/h1-5H,6-13H2. The monoisotopic (exact) mass is 303 g/mol. The summed E-state index contributed by atoms with van der Waals surface area (Å²) in [6, 6.07) is 9.64. The maximum Gasteiger partial charge on any atom is 0.410 e. The second kappa shape index (κ2) is 6.48. The minimum atomic E-state index is -0.342. The van der Waals surface area contributed by atoms with Gasteiger partial charge in [-0.1, -0.05) is 30.3 Å². The van der Waals surface area contributed by atoms with Crippen LogP contribution in [0.5, 0.6) is 0 Å². The molecule has 0 bridgehead atoms. The van der Waals surface area contributed by atoms with Gasteiger partial charge in [-0.15, -0.1) is 0 Å². The molecule has 0 radical (unpaired) electrons. The molecule has 5 nitrogen and oxygen atoms in total. The normalized spacial score (nSPS) is 20.9. The van der Waals surface area contributed by atoms with Crippen LogP contribution < -0.4 is 0 Å². The van der Waals surface area contributed by atoms with Crippen molar-refractivity contribution in [3.8, 4) is 0 Å². The highest BCUT2D eigenvalue weighted by molar-refractivity contribution is 5.80. The number of hydrogen-bond acceptors (Lipinski definition) is 4. The number of ketones is 1. The van der Waals surface area contributed by atoms with Crippen molar-refractivity contribution in [2.24, 2.45) is 0 Å². The van der Waals surface area contributed by atoms with Crippen molar-refractivity contribution in [1.29, 1.82) is 0 Å². The van der Waals surface area contributed by atoms with Crippen LogP contribution in [-0.2, 0) is 20.9 Å². The molecule has 2 fully saturated rings. The fourth-order valence-corrected chi connectivity index (χ4v) is 3.11. The Morgan fingerprint density at radius 2 is 1.95 bits per heavy atom. The van der Waals surface area contributed by atoms with Gasteiger partial charge in [-0.2, -0.15) is 0 Å². The summed E-state index contributed by atoms with van der Waals surface area (Å²) in [5.41, 5.74) is 0.636. The number of Topliss-reactive ketones (excluding diaryl/α,β-unsaturated/α-hetero) is 1. The van der Waals surface area contributed by atoms with Crippen LogP contribution in [0.2, 0.25) is 0 Å². The predicted octanol–water partition coefficient (Wildman–Crippen LogP) is 2.54. The summed E-state index contributed by atoms with van der Waals surface area (Å²) in [4.78, 5) is 25.4. The minimum absolute atomic E-state index is 0.270. The average Bonchev–Trinajstić information content (AvgIpc) is 2.54. The highest BCUT2D eigenvalue weighted by Crippen LogP contribution is 2.33. The van der Waals surface area contributed by atoms with Gasteiger partial charge >= 0.3 is 6.09 Å². The molecule has 1 amide bonds. The largest absolute Gasteiger partial charge is 0.445 e. The SMILES string of the molecule is O=C1CCOC2(CCN(C(=O)OCc3ccccc3)CC2)C1. The lowest BCUT2D eigenvalue weighted by atomic mass is 9.84. The molecule has 118 valence electrons. The van der Waals surface area contributed by atoms with E-state index in [9.17, 15) is 9.59 Å². The molecule has 0 N–H and O–H groups in total. The average molecular weight is 303 g/mol. The fraction of sp³-hybridized carbons (Fsp3) is 0.529. The van der Waals surface area contributed by atoms with Gasteiger partial charge in [0.1, 0.15) is 12.4 Å². The van der Waals surface area contributed by atoms with Crippen LogP contribution in [0.25, 0.3) is 0 Å². The van der Waals surface area contributed by atoms with Crippen LogP contribution in [0, 0.1) is 0 Å². The Hall–Kier alpha value is -1.88. The molecule has 5 heteroatoms. The number of amides is 1. The van der Waals surface area contributed by atoms with Crippen LogP contribution in [0.4, 0.5) is 4.79 Å². The summed E-state index contributed by atoms with van der Waals surface area (Å²) in [6.07, 6.45) is 2.13. The summed E-state index contributed by atoms with van der Waals surface area (Å²) in [5, 5.41) is 0. The smallest absolute Gasteiger partial charge is 0.410 e. The lowest BCUT2D eigenvalue weighted by Crippen LogP contribution is -2.51. The van der Waals surface area contributed by atoms with Gasteiger partial charge in [-0.25, -0.2) is 4.79 Å². The van der Waals surface area contributed by atoms with Gasteiger partial charge in [0.05, 0.1) is 12.2 Å². The number of piperidine rings is 1. The molecule has 0 aromatic heterocycles. The number of nitrogens with zero attached hydrogens (tertiary/aromatic N) is 1. The molecular formula is C17H21NO4. The second-order valence-corrected chi connectivity index (χ2v) is 6.02. The zero-order valence-electron chi connectivity index (χ0n) is 12.6. The van der Waals surface area contributed by atoms with E-state index < -0.39 is 0 Å². The lowest BCUT2D eigenvalue weighted by Gasteiger charge is -2.42. The Balaban J connectivity index is 1.48. The maximum atomic E-state index is 12.1. The molecular weight excluding hydrogens is 282 g/mol. The lowest BCUT2D eigenvalue weighted by molar-refractivity contribution is -0.146. The van der Waals surface area contributed by atoms with Crippen molar-refractivity contribution in [2.45, 2.75) is 37.9 Å². The summed E-state index contributed by atoms with van der Waals surface area (Å²) >= 11 is 0. The number of likely N-dealkylation sites (tertiary alicyclic amines) is 1. The molecule has 1 aromatic rings. The van der Waals surface area contributed by atoms with Gasteiger partial charge in [0, 0.05) is 25.9 Å². The third kappa shape index (κ3) is 3.47. The highest BCUT2D eigenvalue weighted by atomic mass is 16.6. The second-order valence-electron chi connectivity index (χ2n) is 6.02. The summed E-state index contributed by atoms with van der Waals surface area (Å²) in [5.74, 6) is 0.270. The minimum Gasteiger partial charge on any atom is -0.445 e. The summed E-state index contributed by atoms with van der Waals surface area (Å²) in [6.45, 7) is 1.97. The molecule has 2 aliphatic heterocycles. The Morgan fingerprint density at radius 1 is 1.23 bits per heavy atom. The van der Waals surface area contributed by atoms with Crippen LogP contribution in [-0.4, -0.2) is 42.1 Å². The van der Waals surface area contributed by atoms with E-state index in [1.54, 1.807) is 4.90 Å². The molecule has 22 heavy (non-hydrogen) atoms. The first-order valence-electron chi connectivity index (χ1n) is 7.78. The molecule has 0 saturated carbocycles. The zero-order valence-corrected chi connectivity index (χ0v) is 12.6. The number of benzene rings is 1. The van der Waals surface area contributed by atoms with Crippen LogP contribution in [0.3, 0.4) is 0 Å². The molecule has 0 aliphatic carbocycles. The number of rotatable bonds is 2. The van der Waals surface area contributed by atoms with Gasteiger partial charge in [-0.05, 0) is 18.4 Å². The topological polar surface area (TPSA) is 55.8 Å². The van der Waals surface area contributed by atoms with Crippen molar-refractivity contribution < 1.29 is 19.1 Å². The van der Waals surface area contributed by atoms with Crippen molar-refractivity contribution in [3.05, 3.63) is 35.9 Å². The van der Waals surface area contributed by atoms with Gasteiger partial charge in [-0.3, -0.25) is 4.79 Å². The van der Waals surface area contributed by atoms with E-state index in [0.29, 0.717) is 45.4 Å². The molecule has 0 unspecified atom stereocenters. The number of hydrogen-bond donors (Lipinski definition) is 0. The van der Waals surface area contributed by atoms with E-state index in [-0.39, 0.29) is 24.1 Å². The van der Waals surface area contributed by atoms with Gasteiger partial charge in [0.25, 0.3) is 0 Å². The van der Waals surface area contributed by atoms with Crippen LogP contribution in [0.1, 0.15) is 31.2 Å². The number of carbonyl (C=O) groups excluding carboxylic acids is 2. The van der Waals surface area contributed by atoms with Gasteiger partial charge in [0.15, 0.2) is 0 Å². The Bertz CT molecular complexity index is 535. The molecule has 3 rings (SSSR count). The van der Waals surface area contributed by atoms with E-state index in [4.69, 9.17) is 9.47 Å². The van der Waals surface area contributed by atoms with E-state index in [1.165, 1.54) is 0 Å². The predicted molar refractivity (Wildman–Crippen MR) is 80.4 cm³/mol. The van der Waals surface area contributed by atoms with E-state index in [2.05, 4.69) is 0 Å². The Kier molecular flexibility index (Phi) is 4.43. The van der Waals surface area contributed by atoms with Crippen molar-refractivity contribution in [3.63, 3.8) is 0 Å². The number of ether oxygens (including phenoxy) is 2. The van der Waals surface area contributed by atoms with Crippen molar-refractivity contribution in [1.82, 2.24) is 4.90 Å². The Morgan fingerprint density at radius 3 is 2.64 bits per heavy atom. The van der Waals surface area contributed by atoms with Crippen LogP contribution >= 0.6 is 0 Å². The zero-order chi connectivity index (χ0) is 15.4. The van der Waals surface area contributed by atoms with Gasteiger partial charge in [0.2, 0.25) is 0 Å². The first-order chi connectivity index (χ1) is 10.7. The van der Waals surface area contributed by atoms with Crippen molar-refractivity contribution >= 4 is 11.9 Å². The fourth-order valence-electron chi connectivity index (χ4n) is 3.11. The molecule has 2 aliphatic rings. The quantitative estimate of drug-likeness (QED) is 0.842. The molecule has 0 atom stereocenters. The molecule has 2 saturated heterocycles. The molecule has 1 aromatic carbocycles. The van der Waals surface area contributed by atoms with E-state index >= 15 is 0 Å². The number of carbonyl (C=O) groups is 2. The summed E-state index contributed by atoms with van der Waals surface area (Å²) in [7, 11) is 0. The summed E-state index contributed by atoms with van der Waals surface area (Å²) < 4.78 is 11.2. The van der Waals surface area contributed by atoms with E-state index in [1.807, 2.05) is 30.3 Å². The molecule has 2 heterocycles. The highest BCUT2D eigenvalue weighted by Gasteiger charge is 2.41. The van der Waals surface area contributed by atoms with Crippen LogP contribution in [0.15, 0.2) is 30.3 Å². The first kappa shape index (κ1) is 15.0. The first-order valence-corrected chi connectivity index (χ1v) is 7.78. The maximum absolute atomic E-state index is 12.1. The Labute approximate surface area is 130 Å². The third-order valence-electron chi connectivity index (χ3n) is 4.45. The molecule has 1 spiro atoms. The van der Waals surface area contributed by atoms with E-state index in [0.717, 1.165) is 5.56 Å². The van der Waals surface area contributed by atoms with Gasteiger partial charge < -0.3 is 14.4 Å². The third-order valence-corrected chi connectivity index (χ3v) is 4.45. The van der Waals surface area contributed by atoms with Crippen molar-refractivity contribution in [2.75, 3.05) is 19.7 Å².